The fourth-order valence-corrected chi connectivity index (χ4v) is 2.69. The minimum Gasteiger partial charge on any atom is -0.396 e. The zero-order valence-electron chi connectivity index (χ0n) is 11.7. The van der Waals surface area contributed by atoms with E-state index < -0.39 is 5.82 Å². The molecule has 1 aliphatic heterocycles. The summed E-state index contributed by atoms with van der Waals surface area (Å²) in [7, 11) is 0. The first-order valence-corrected chi connectivity index (χ1v) is 6.85. The Bertz CT molecular complexity index is 683. The number of nitrogens with zero attached hydrogens (tertiary/aromatic N) is 2. The van der Waals surface area contributed by atoms with Crippen LogP contribution in [0.4, 0.5) is 10.1 Å². The molecule has 1 fully saturated rings. The fraction of sp³-hybridized carbons (Fsp3) is 0.333. The summed E-state index contributed by atoms with van der Waals surface area (Å²) in [6.45, 7) is 2.48. The molecule has 5 nitrogen and oxygen atoms in total. The van der Waals surface area contributed by atoms with E-state index in [-0.39, 0.29) is 17.6 Å². The van der Waals surface area contributed by atoms with Crippen LogP contribution < -0.4 is 5.73 Å². The van der Waals surface area contributed by atoms with Gasteiger partial charge in [-0.05, 0) is 38.0 Å². The summed E-state index contributed by atoms with van der Waals surface area (Å²) in [5.41, 5.74) is 6.68. The van der Waals surface area contributed by atoms with Crippen molar-refractivity contribution in [3.8, 4) is 0 Å². The van der Waals surface area contributed by atoms with Crippen LogP contribution in [0, 0.1) is 12.7 Å². The van der Waals surface area contributed by atoms with Crippen LogP contribution in [-0.4, -0.2) is 22.5 Å². The standard InChI is InChI=1S/C15H16FN3O2/c1-9-7-14(21-18-9)13-3-2-6-19(13)15(20)10-4-5-11(16)12(17)8-10/h4-5,7-8,13H,2-3,6,17H2,1H3. The van der Waals surface area contributed by atoms with Gasteiger partial charge in [0.1, 0.15) is 5.82 Å². The van der Waals surface area contributed by atoms with Gasteiger partial charge in [-0.15, -0.1) is 0 Å². The minimum absolute atomic E-state index is 0.0212. The summed E-state index contributed by atoms with van der Waals surface area (Å²) in [5, 5.41) is 3.87. The lowest BCUT2D eigenvalue weighted by molar-refractivity contribution is 0.0714. The van der Waals surface area contributed by atoms with Gasteiger partial charge in [0.15, 0.2) is 5.76 Å². The Kier molecular flexibility index (Phi) is 3.37. The molecular formula is C15H16FN3O2. The molecule has 0 spiro atoms. The van der Waals surface area contributed by atoms with Gasteiger partial charge < -0.3 is 15.2 Å². The van der Waals surface area contributed by atoms with Crippen molar-refractivity contribution in [2.45, 2.75) is 25.8 Å². The van der Waals surface area contributed by atoms with Crippen LogP contribution in [-0.2, 0) is 0 Å². The monoisotopic (exact) mass is 289 g/mol. The Labute approximate surface area is 121 Å². The number of hydrogen-bond donors (Lipinski definition) is 1. The lowest BCUT2D eigenvalue weighted by atomic mass is 10.1. The Balaban J connectivity index is 1.87. The smallest absolute Gasteiger partial charge is 0.254 e. The molecule has 1 aromatic heterocycles. The Morgan fingerprint density at radius 1 is 1.48 bits per heavy atom. The van der Waals surface area contributed by atoms with E-state index in [9.17, 15) is 9.18 Å². The maximum Gasteiger partial charge on any atom is 0.254 e. The molecule has 0 saturated carbocycles. The van der Waals surface area contributed by atoms with Crippen LogP contribution in [0.15, 0.2) is 28.8 Å². The van der Waals surface area contributed by atoms with Crippen molar-refractivity contribution in [3.05, 3.63) is 47.1 Å². The number of benzene rings is 1. The first-order valence-electron chi connectivity index (χ1n) is 6.85. The van der Waals surface area contributed by atoms with Crippen LogP contribution in [0.3, 0.4) is 0 Å². The number of halogens is 1. The van der Waals surface area contributed by atoms with Gasteiger partial charge in [-0.2, -0.15) is 0 Å². The second-order valence-corrected chi connectivity index (χ2v) is 5.26. The molecule has 21 heavy (non-hydrogen) atoms. The molecule has 1 aliphatic rings. The van der Waals surface area contributed by atoms with Crippen molar-refractivity contribution < 1.29 is 13.7 Å². The number of aryl methyl sites for hydroxylation is 1. The zero-order chi connectivity index (χ0) is 15.0. The number of carbonyl (C=O) groups is 1. The van der Waals surface area contributed by atoms with Gasteiger partial charge in [0.25, 0.3) is 5.91 Å². The van der Waals surface area contributed by atoms with Crippen LogP contribution in [0.5, 0.6) is 0 Å². The summed E-state index contributed by atoms with van der Waals surface area (Å²) >= 11 is 0. The third kappa shape index (κ3) is 2.49. The molecule has 6 heteroatoms. The lowest BCUT2D eigenvalue weighted by Crippen LogP contribution is -2.30. The van der Waals surface area contributed by atoms with E-state index in [0.29, 0.717) is 17.9 Å². The van der Waals surface area contributed by atoms with Crippen molar-refractivity contribution in [1.82, 2.24) is 10.1 Å². The maximum absolute atomic E-state index is 13.2. The molecule has 2 N–H and O–H groups in total. The lowest BCUT2D eigenvalue weighted by Gasteiger charge is -2.22. The van der Waals surface area contributed by atoms with E-state index in [4.69, 9.17) is 10.3 Å². The highest BCUT2D eigenvalue weighted by Gasteiger charge is 2.33. The zero-order valence-corrected chi connectivity index (χ0v) is 11.7. The van der Waals surface area contributed by atoms with Gasteiger partial charge in [0, 0.05) is 18.2 Å². The molecule has 0 bridgehead atoms. The van der Waals surface area contributed by atoms with Crippen LogP contribution in [0.2, 0.25) is 0 Å². The SMILES string of the molecule is Cc1cc(C2CCCN2C(=O)c2ccc(F)c(N)c2)on1. The van der Waals surface area contributed by atoms with E-state index in [2.05, 4.69) is 5.16 Å². The molecule has 1 saturated heterocycles. The Morgan fingerprint density at radius 2 is 2.29 bits per heavy atom. The van der Waals surface area contributed by atoms with Crippen molar-refractivity contribution in [3.63, 3.8) is 0 Å². The third-order valence-electron chi connectivity index (χ3n) is 3.73. The topological polar surface area (TPSA) is 72.4 Å². The third-order valence-corrected chi connectivity index (χ3v) is 3.73. The number of nitrogens with two attached hydrogens (primary N) is 1. The number of amides is 1. The predicted molar refractivity (Wildman–Crippen MR) is 75.1 cm³/mol. The molecule has 1 amide bonds. The summed E-state index contributed by atoms with van der Waals surface area (Å²) in [6, 6.07) is 5.76. The normalized spacial score (nSPS) is 18.2. The number of hydrogen-bond acceptors (Lipinski definition) is 4. The van der Waals surface area contributed by atoms with E-state index in [1.165, 1.54) is 18.2 Å². The molecule has 0 aliphatic carbocycles. The molecule has 1 aromatic carbocycles. The fourth-order valence-electron chi connectivity index (χ4n) is 2.69. The van der Waals surface area contributed by atoms with Gasteiger partial charge in [0.2, 0.25) is 0 Å². The van der Waals surface area contributed by atoms with E-state index in [1.54, 1.807) is 4.90 Å². The molecule has 2 aromatic rings. The average molecular weight is 289 g/mol. The summed E-state index contributed by atoms with van der Waals surface area (Å²) in [6.07, 6.45) is 1.73. The van der Waals surface area contributed by atoms with Gasteiger partial charge in [-0.1, -0.05) is 5.16 Å². The first-order chi connectivity index (χ1) is 10.1. The van der Waals surface area contributed by atoms with Gasteiger partial charge >= 0.3 is 0 Å². The highest BCUT2D eigenvalue weighted by atomic mass is 19.1. The molecular weight excluding hydrogens is 273 g/mol. The minimum atomic E-state index is -0.518. The van der Waals surface area contributed by atoms with Crippen molar-refractivity contribution in [2.75, 3.05) is 12.3 Å². The van der Waals surface area contributed by atoms with Crippen LogP contribution in [0.25, 0.3) is 0 Å². The van der Waals surface area contributed by atoms with Crippen LogP contribution >= 0.6 is 0 Å². The molecule has 2 heterocycles. The largest absolute Gasteiger partial charge is 0.396 e. The van der Waals surface area contributed by atoms with Crippen molar-refractivity contribution in [2.24, 2.45) is 0 Å². The van der Waals surface area contributed by atoms with E-state index in [1.807, 2.05) is 13.0 Å². The highest BCUT2D eigenvalue weighted by molar-refractivity contribution is 5.95. The highest BCUT2D eigenvalue weighted by Crippen LogP contribution is 2.33. The van der Waals surface area contributed by atoms with Gasteiger partial charge in [-0.3, -0.25) is 4.79 Å². The number of aromatic nitrogens is 1. The molecule has 3 rings (SSSR count). The number of carbonyl (C=O) groups excluding carboxylic acids is 1. The van der Waals surface area contributed by atoms with Gasteiger partial charge in [-0.25, -0.2) is 4.39 Å². The average Bonchev–Trinajstić information content (AvgIpc) is 3.09. The number of likely N-dealkylation sites (tertiary alicyclic amines) is 1. The quantitative estimate of drug-likeness (QED) is 0.863. The van der Waals surface area contributed by atoms with Crippen molar-refractivity contribution >= 4 is 11.6 Å². The maximum atomic E-state index is 13.2. The van der Waals surface area contributed by atoms with Gasteiger partial charge in [0.05, 0.1) is 17.4 Å². The molecule has 1 unspecified atom stereocenters. The Morgan fingerprint density at radius 3 is 2.95 bits per heavy atom. The second-order valence-electron chi connectivity index (χ2n) is 5.26. The van der Waals surface area contributed by atoms with Crippen LogP contribution in [0.1, 0.15) is 40.7 Å². The second kappa shape index (κ2) is 5.20. The summed E-state index contributed by atoms with van der Waals surface area (Å²) in [5.74, 6) is 0.00191. The summed E-state index contributed by atoms with van der Waals surface area (Å²) in [4.78, 5) is 14.3. The summed E-state index contributed by atoms with van der Waals surface area (Å²) < 4.78 is 18.5. The number of anilines is 1. The predicted octanol–water partition coefficient (Wildman–Crippen LogP) is 2.68. The van der Waals surface area contributed by atoms with E-state index in [0.717, 1.165) is 18.5 Å². The van der Waals surface area contributed by atoms with Crippen molar-refractivity contribution in [1.29, 1.82) is 0 Å². The first kappa shape index (κ1) is 13.6. The number of rotatable bonds is 2. The van der Waals surface area contributed by atoms with E-state index >= 15 is 0 Å². The molecule has 110 valence electrons. The number of nitrogen functional groups attached to an aromatic ring is 1. The molecule has 1 atom stereocenters. The molecule has 0 radical (unpaired) electrons. The Hall–Kier alpha value is -2.37.